The molecule has 0 bridgehead atoms. The maximum absolute atomic E-state index is 15.6. The molecule has 6 aromatic rings. The van der Waals surface area contributed by atoms with E-state index in [1.54, 1.807) is 27.7 Å². The Morgan fingerprint density at radius 1 is 1.00 bits per heavy atom. The Bertz CT molecular complexity index is 2100. The van der Waals surface area contributed by atoms with Crippen LogP contribution in [0.2, 0.25) is 0 Å². The van der Waals surface area contributed by atoms with Crippen molar-refractivity contribution in [3.8, 4) is 22.3 Å². The van der Waals surface area contributed by atoms with Crippen molar-refractivity contribution < 1.29 is 18.7 Å². The van der Waals surface area contributed by atoms with Crippen molar-refractivity contribution in [2.24, 2.45) is 0 Å². The minimum absolute atomic E-state index is 0.0875. The minimum atomic E-state index is -0.721. The number of carbonyl (C=O) groups is 1. The number of nitrogens with two attached hydrogens (primary N) is 1. The molecule has 1 aliphatic rings. The SMILES string of the molecule is Nc1ncc(-c2cnn(C[C@H]3COCCO3)c2)cc1-c1ccc(NC(=O)c2cn(Cc3ccccc3)c3ncnn3c2=O)cc1F. The van der Waals surface area contributed by atoms with E-state index >= 15 is 4.39 Å². The van der Waals surface area contributed by atoms with Crippen molar-refractivity contribution in [2.45, 2.75) is 19.2 Å². The molecule has 0 spiro atoms. The average molecular weight is 622 g/mol. The number of fused-ring (bicyclic) bond motifs is 1. The number of nitrogens with zero attached hydrogens (tertiary/aromatic N) is 7. The normalized spacial score (nSPS) is 14.8. The van der Waals surface area contributed by atoms with Gasteiger partial charge in [0.25, 0.3) is 11.5 Å². The third-order valence-electron chi connectivity index (χ3n) is 7.61. The number of nitrogens with one attached hydrogen (secondary N) is 1. The van der Waals surface area contributed by atoms with Crippen LogP contribution in [0.25, 0.3) is 28.0 Å². The highest BCUT2D eigenvalue weighted by molar-refractivity contribution is 6.04. The van der Waals surface area contributed by atoms with Crippen molar-refractivity contribution >= 4 is 23.2 Å². The molecule has 14 heteroatoms. The summed E-state index contributed by atoms with van der Waals surface area (Å²) in [7, 11) is 0. The van der Waals surface area contributed by atoms with Gasteiger partial charge in [-0.05, 0) is 29.8 Å². The smallest absolute Gasteiger partial charge is 0.288 e. The van der Waals surface area contributed by atoms with Gasteiger partial charge in [-0.15, -0.1) is 0 Å². The number of hydrogen-bond donors (Lipinski definition) is 2. The Morgan fingerprint density at radius 3 is 2.67 bits per heavy atom. The second kappa shape index (κ2) is 12.3. The fourth-order valence-corrected chi connectivity index (χ4v) is 5.33. The number of carbonyl (C=O) groups excluding carboxylic acids is 1. The van der Waals surface area contributed by atoms with Crippen LogP contribution in [0, 0.1) is 5.82 Å². The fraction of sp³-hybridized carbons (Fsp3) is 0.188. The first-order valence-corrected chi connectivity index (χ1v) is 14.5. The Morgan fingerprint density at radius 2 is 1.87 bits per heavy atom. The van der Waals surface area contributed by atoms with E-state index in [2.05, 4.69) is 25.5 Å². The lowest BCUT2D eigenvalue weighted by atomic mass is 10.0. The molecule has 1 amide bonds. The van der Waals surface area contributed by atoms with Gasteiger partial charge in [0, 0.05) is 46.5 Å². The molecule has 13 nitrogen and oxygen atoms in total. The molecule has 3 N–H and O–H groups in total. The molecule has 4 aromatic heterocycles. The summed E-state index contributed by atoms with van der Waals surface area (Å²) in [5, 5.41) is 11.0. The zero-order valence-corrected chi connectivity index (χ0v) is 24.4. The number of pyridine rings is 1. The van der Waals surface area contributed by atoms with Gasteiger partial charge in [0.15, 0.2) is 0 Å². The first-order chi connectivity index (χ1) is 22.4. The van der Waals surface area contributed by atoms with Crippen LogP contribution in [0.15, 0.2) is 90.5 Å². The van der Waals surface area contributed by atoms with Gasteiger partial charge in [-0.3, -0.25) is 14.3 Å². The first-order valence-electron chi connectivity index (χ1n) is 14.5. The molecule has 1 aliphatic heterocycles. The lowest BCUT2D eigenvalue weighted by molar-refractivity contribution is -0.0946. The highest BCUT2D eigenvalue weighted by atomic mass is 19.1. The predicted molar refractivity (Wildman–Crippen MR) is 167 cm³/mol. The van der Waals surface area contributed by atoms with Crippen molar-refractivity contribution in [1.82, 2.24) is 33.9 Å². The quantitative estimate of drug-likeness (QED) is 0.260. The van der Waals surface area contributed by atoms with Gasteiger partial charge < -0.3 is 25.1 Å². The summed E-state index contributed by atoms with van der Waals surface area (Å²) in [5.41, 5.74) is 8.48. The number of hydrogen-bond acceptors (Lipinski definition) is 9. The van der Waals surface area contributed by atoms with Crippen molar-refractivity contribution in [1.29, 1.82) is 0 Å². The molecule has 1 saturated heterocycles. The Hall–Kier alpha value is -5.73. The number of benzene rings is 2. The monoisotopic (exact) mass is 621 g/mol. The summed E-state index contributed by atoms with van der Waals surface area (Å²) in [5.74, 6) is -0.933. The molecular weight excluding hydrogens is 593 g/mol. The molecule has 232 valence electrons. The Labute approximate surface area is 261 Å². The zero-order valence-electron chi connectivity index (χ0n) is 24.4. The fourth-order valence-electron chi connectivity index (χ4n) is 5.33. The van der Waals surface area contributed by atoms with Gasteiger partial charge in [-0.2, -0.15) is 19.7 Å². The Balaban J connectivity index is 1.12. The van der Waals surface area contributed by atoms with Crippen molar-refractivity contribution in [3.63, 3.8) is 0 Å². The first kappa shape index (κ1) is 29.0. The van der Waals surface area contributed by atoms with E-state index in [9.17, 15) is 9.59 Å². The molecule has 1 fully saturated rings. The van der Waals surface area contributed by atoms with Crippen LogP contribution in [-0.2, 0) is 22.6 Å². The summed E-state index contributed by atoms with van der Waals surface area (Å²) in [6.07, 6.45) is 7.74. The van der Waals surface area contributed by atoms with Gasteiger partial charge in [-0.25, -0.2) is 9.37 Å². The largest absolute Gasteiger partial charge is 0.383 e. The molecule has 0 aliphatic carbocycles. The highest BCUT2D eigenvalue weighted by Gasteiger charge is 2.20. The van der Waals surface area contributed by atoms with E-state index in [1.165, 1.54) is 30.7 Å². The lowest BCUT2D eigenvalue weighted by Crippen LogP contribution is -2.32. The number of nitrogen functional groups attached to an aromatic ring is 1. The molecular formula is C32H28FN9O4. The third-order valence-corrected chi connectivity index (χ3v) is 7.61. The van der Waals surface area contributed by atoms with Crippen LogP contribution >= 0.6 is 0 Å². The number of aromatic nitrogens is 7. The van der Waals surface area contributed by atoms with Crippen molar-refractivity contribution in [2.75, 3.05) is 30.9 Å². The molecule has 2 aromatic carbocycles. The van der Waals surface area contributed by atoms with E-state index in [-0.39, 0.29) is 34.5 Å². The second-order valence-corrected chi connectivity index (χ2v) is 10.8. The molecule has 0 radical (unpaired) electrons. The van der Waals surface area contributed by atoms with Crippen LogP contribution in [0.1, 0.15) is 15.9 Å². The number of amides is 1. The van der Waals surface area contributed by atoms with Crippen LogP contribution in [-0.4, -0.2) is 65.8 Å². The molecule has 46 heavy (non-hydrogen) atoms. The number of halogens is 1. The summed E-state index contributed by atoms with van der Waals surface area (Å²) < 4.78 is 31.2. The average Bonchev–Trinajstić information content (AvgIpc) is 3.75. The van der Waals surface area contributed by atoms with E-state index in [0.717, 1.165) is 15.6 Å². The van der Waals surface area contributed by atoms with E-state index in [1.807, 2.05) is 36.5 Å². The van der Waals surface area contributed by atoms with Gasteiger partial charge in [0.2, 0.25) is 5.78 Å². The summed E-state index contributed by atoms with van der Waals surface area (Å²) in [4.78, 5) is 34.8. The number of anilines is 2. The zero-order chi connectivity index (χ0) is 31.6. The minimum Gasteiger partial charge on any atom is -0.383 e. The van der Waals surface area contributed by atoms with E-state index in [4.69, 9.17) is 15.2 Å². The topological polar surface area (TPSA) is 156 Å². The van der Waals surface area contributed by atoms with Gasteiger partial charge in [0.1, 0.15) is 29.6 Å². The molecule has 5 heterocycles. The van der Waals surface area contributed by atoms with Gasteiger partial charge in [-0.1, -0.05) is 30.3 Å². The summed E-state index contributed by atoms with van der Waals surface area (Å²) in [6.45, 7) is 2.52. The van der Waals surface area contributed by atoms with Crippen LogP contribution in [0.5, 0.6) is 0 Å². The van der Waals surface area contributed by atoms with Gasteiger partial charge in [0.05, 0.1) is 39.1 Å². The standard InChI is InChI=1S/C32H28FN9O4/c33-28-11-23(39-30(43)27-17-40(14-20-4-2-1-3-5-20)32-36-19-38-42(32)31(27)44)6-7-25(28)26-10-21(12-35-29(26)34)22-13-37-41(15-22)16-24-18-45-8-9-46-24/h1-7,10-13,15,17,19,24H,8-9,14,16,18H2,(H2,34,35)(H,39,43)/t24-/m0/s1. The maximum atomic E-state index is 15.6. The highest BCUT2D eigenvalue weighted by Crippen LogP contribution is 2.32. The summed E-state index contributed by atoms with van der Waals surface area (Å²) in [6, 6.07) is 15.5. The van der Waals surface area contributed by atoms with Crippen LogP contribution in [0.3, 0.4) is 0 Å². The van der Waals surface area contributed by atoms with Crippen LogP contribution in [0.4, 0.5) is 15.9 Å². The van der Waals surface area contributed by atoms with Gasteiger partial charge >= 0.3 is 0 Å². The third kappa shape index (κ3) is 5.86. The predicted octanol–water partition coefficient (Wildman–Crippen LogP) is 3.25. The molecule has 0 unspecified atom stereocenters. The van der Waals surface area contributed by atoms with E-state index in [0.29, 0.717) is 44.0 Å². The molecule has 1 atom stereocenters. The summed E-state index contributed by atoms with van der Waals surface area (Å²) >= 11 is 0. The number of rotatable bonds is 8. The second-order valence-electron chi connectivity index (χ2n) is 10.8. The Kier molecular flexibility index (Phi) is 7.78. The van der Waals surface area contributed by atoms with E-state index < -0.39 is 17.3 Å². The van der Waals surface area contributed by atoms with Crippen molar-refractivity contribution in [3.05, 3.63) is 113 Å². The lowest BCUT2D eigenvalue weighted by Gasteiger charge is -2.22. The molecule has 0 saturated carbocycles. The number of ether oxygens (including phenoxy) is 2. The molecule has 7 rings (SSSR count). The van der Waals surface area contributed by atoms with Crippen LogP contribution < -0.4 is 16.6 Å². The maximum Gasteiger partial charge on any atom is 0.288 e.